The van der Waals surface area contributed by atoms with E-state index in [1.54, 1.807) is 14.8 Å². The number of hydrogen-bond acceptors (Lipinski definition) is 2. The summed E-state index contributed by atoms with van der Waals surface area (Å²) in [6.07, 6.45) is -0.676. The molecule has 4 heteroatoms. The fourth-order valence-corrected chi connectivity index (χ4v) is 1.32. The quantitative estimate of drug-likeness (QED) is 0.659. The highest BCUT2D eigenvalue weighted by atomic mass is 19.1. The molecule has 0 aromatic heterocycles. The van der Waals surface area contributed by atoms with Gasteiger partial charge in [0.2, 0.25) is 0 Å². The molecule has 13 heavy (non-hydrogen) atoms. The first kappa shape index (κ1) is 10.1. The molecule has 0 bridgehead atoms. The monoisotopic (exact) mass is 182 g/mol. The summed E-state index contributed by atoms with van der Waals surface area (Å²) in [5.41, 5.74) is 1.34. The van der Waals surface area contributed by atoms with Gasteiger partial charge in [-0.05, 0) is 24.0 Å². The molecule has 0 aliphatic heterocycles. The summed E-state index contributed by atoms with van der Waals surface area (Å²) in [6, 6.07) is 2.63. The zero-order valence-electron chi connectivity index (χ0n) is 7.97. The fraction of sp³-hybridized carbons (Fsp3) is 0.333. The number of aliphatic hydroxyl groups excluding tert-OH is 1. The van der Waals surface area contributed by atoms with E-state index < -0.39 is 11.9 Å². The van der Waals surface area contributed by atoms with E-state index in [0.29, 0.717) is 11.3 Å². The van der Waals surface area contributed by atoms with Crippen LogP contribution >= 0.6 is 0 Å². The Morgan fingerprint density at radius 1 is 1.54 bits per heavy atom. The van der Waals surface area contributed by atoms with E-state index in [9.17, 15) is 9.50 Å². The van der Waals surface area contributed by atoms with Crippen molar-refractivity contribution < 1.29 is 14.2 Å². The van der Waals surface area contributed by atoms with E-state index in [0.717, 1.165) is 5.46 Å². The van der Waals surface area contributed by atoms with Gasteiger partial charge in [-0.1, -0.05) is 0 Å². The molecule has 0 aliphatic carbocycles. The molecule has 0 saturated carbocycles. The molecule has 70 valence electrons. The molecule has 0 spiro atoms. The van der Waals surface area contributed by atoms with Gasteiger partial charge < -0.3 is 9.84 Å². The SMILES string of the molecule is Bc1c(OC)cc(F)cc1[C@@H](C)O. The molecule has 0 radical (unpaired) electrons. The van der Waals surface area contributed by atoms with Crippen molar-refractivity contribution in [2.75, 3.05) is 7.11 Å². The average molecular weight is 182 g/mol. The highest BCUT2D eigenvalue weighted by Crippen LogP contribution is 2.17. The molecule has 1 aromatic carbocycles. The zero-order valence-corrected chi connectivity index (χ0v) is 7.97. The van der Waals surface area contributed by atoms with Gasteiger partial charge in [-0.2, -0.15) is 0 Å². The van der Waals surface area contributed by atoms with Crippen LogP contribution in [0.4, 0.5) is 4.39 Å². The van der Waals surface area contributed by atoms with E-state index in [4.69, 9.17) is 4.74 Å². The Morgan fingerprint density at radius 3 is 2.62 bits per heavy atom. The normalized spacial score (nSPS) is 12.6. The summed E-state index contributed by atoms with van der Waals surface area (Å²) < 4.78 is 17.9. The first-order chi connectivity index (χ1) is 6.06. The third kappa shape index (κ3) is 2.01. The molecule has 1 rings (SSSR count). The molecule has 0 fully saturated rings. The Kier molecular flexibility index (Phi) is 2.93. The third-order valence-electron chi connectivity index (χ3n) is 2.03. The van der Waals surface area contributed by atoms with E-state index in [1.807, 2.05) is 0 Å². The van der Waals surface area contributed by atoms with Crippen molar-refractivity contribution in [1.29, 1.82) is 0 Å². The lowest BCUT2D eigenvalue weighted by Crippen LogP contribution is -2.16. The molecular weight excluding hydrogens is 170 g/mol. The molecule has 1 atom stereocenters. The lowest BCUT2D eigenvalue weighted by molar-refractivity contribution is 0.199. The van der Waals surface area contributed by atoms with Crippen LogP contribution in [0.25, 0.3) is 0 Å². The third-order valence-corrected chi connectivity index (χ3v) is 2.03. The molecule has 1 aromatic rings. The van der Waals surface area contributed by atoms with Crippen molar-refractivity contribution in [2.24, 2.45) is 0 Å². The average Bonchev–Trinajstić information content (AvgIpc) is 2.08. The van der Waals surface area contributed by atoms with Gasteiger partial charge in [0.05, 0.1) is 13.2 Å². The molecular formula is C9H12BFO2. The Balaban J connectivity index is 3.27. The molecule has 0 heterocycles. The molecule has 0 saturated heterocycles. The van der Waals surface area contributed by atoms with E-state index >= 15 is 0 Å². The highest BCUT2D eigenvalue weighted by molar-refractivity contribution is 6.35. The fourth-order valence-electron chi connectivity index (χ4n) is 1.32. The summed E-state index contributed by atoms with van der Waals surface area (Å²) in [5, 5.41) is 9.33. The van der Waals surface area contributed by atoms with Gasteiger partial charge in [0.1, 0.15) is 19.4 Å². The lowest BCUT2D eigenvalue weighted by atomic mass is 9.87. The minimum absolute atomic E-state index is 0.390. The van der Waals surface area contributed by atoms with Crippen molar-refractivity contribution in [3.8, 4) is 5.75 Å². The lowest BCUT2D eigenvalue weighted by Gasteiger charge is -2.12. The number of methoxy groups -OCH3 is 1. The van der Waals surface area contributed by atoms with Crippen molar-refractivity contribution in [2.45, 2.75) is 13.0 Å². The molecule has 0 aliphatic rings. The Hall–Kier alpha value is -1.03. The molecule has 0 unspecified atom stereocenters. The number of benzene rings is 1. The summed E-state index contributed by atoms with van der Waals surface area (Å²) in [4.78, 5) is 0. The summed E-state index contributed by atoms with van der Waals surface area (Å²) in [6.45, 7) is 1.60. The minimum atomic E-state index is -0.676. The van der Waals surface area contributed by atoms with Crippen molar-refractivity contribution in [3.05, 3.63) is 23.5 Å². The standard InChI is InChI=1S/C9H12BFO2/c1-5(12)7-3-6(11)4-8(13-2)9(7)10/h3-5,12H,10H2,1-2H3/t5-/m1/s1. The predicted octanol–water partition coefficient (Wildman–Crippen LogP) is 0.146. The topological polar surface area (TPSA) is 29.5 Å². The van der Waals surface area contributed by atoms with E-state index in [-0.39, 0.29) is 0 Å². The van der Waals surface area contributed by atoms with Crippen LogP contribution in [0.1, 0.15) is 18.6 Å². The van der Waals surface area contributed by atoms with Crippen LogP contribution in [0.15, 0.2) is 12.1 Å². The molecule has 2 nitrogen and oxygen atoms in total. The van der Waals surface area contributed by atoms with Crippen molar-refractivity contribution >= 4 is 13.3 Å². The number of hydrogen-bond donors (Lipinski definition) is 1. The number of halogens is 1. The number of aliphatic hydroxyl groups is 1. The number of ether oxygens (including phenoxy) is 1. The van der Waals surface area contributed by atoms with Gasteiger partial charge in [0.25, 0.3) is 0 Å². The second kappa shape index (κ2) is 3.79. The van der Waals surface area contributed by atoms with Gasteiger partial charge in [-0.3, -0.25) is 0 Å². The van der Waals surface area contributed by atoms with Crippen LogP contribution in [-0.4, -0.2) is 20.1 Å². The highest BCUT2D eigenvalue weighted by Gasteiger charge is 2.10. The Labute approximate surface area is 77.8 Å². The minimum Gasteiger partial charge on any atom is -0.497 e. The van der Waals surface area contributed by atoms with Crippen LogP contribution in [0, 0.1) is 5.82 Å². The number of rotatable bonds is 2. The van der Waals surface area contributed by atoms with Crippen LogP contribution < -0.4 is 10.2 Å². The summed E-state index contributed by atoms with van der Waals surface area (Å²) in [7, 11) is 3.27. The maximum absolute atomic E-state index is 13.0. The van der Waals surface area contributed by atoms with Gasteiger partial charge >= 0.3 is 0 Å². The zero-order chi connectivity index (χ0) is 10.0. The maximum Gasteiger partial charge on any atom is 0.144 e. The molecule has 0 amide bonds. The van der Waals surface area contributed by atoms with Crippen molar-refractivity contribution in [3.63, 3.8) is 0 Å². The van der Waals surface area contributed by atoms with E-state index in [2.05, 4.69) is 0 Å². The summed E-state index contributed by atoms with van der Waals surface area (Å²) >= 11 is 0. The van der Waals surface area contributed by atoms with Crippen LogP contribution in [0.3, 0.4) is 0 Å². The van der Waals surface area contributed by atoms with Gasteiger partial charge in [-0.25, -0.2) is 4.39 Å². The van der Waals surface area contributed by atoms with E-state index in [1.165, 1.54) is 19.2 Å². The predicted molar refractivity (Wildman–Crippen MR) is 51.8 cm³/mol. The van der Waals surface area contributed by atoms with Crippen LogP contribution in [-0.2, 0) is 0 Å². The van der Waals surface area contributed by atoms with Crippen molar-refractivity contribution in [1.82, 2.24) is 0 Å². The first-order valence-electron chi connectivity index (χ1n) is 4.08. The first-order valence-corrected chi connectivity index (χ1v) is 4.08. The largest absolute Gasteiger partial charge is 0.497 e. The molecule has 1 N–H and O–H groups in total. The van der Waals surface area contributed by atoms with Crippen LogP contribution in [0.2, 0.25) is 0 Å². The van der Waals surface area contributed by atoms with Gasteiger partial charge in [0, 0.05) is 6.07 Å². The maximum atomic E-state index is 13.0. The second-order valence-electron chi connectivity index (χ2n) is 3.00. The van der Waals surface area contributed by atoms with Gasteiger partial charge in [-0.15, -0.1) is 0 Å². The summed E-state index contributed by atoms with van der Waals surface area (Å²) in [5.74, 6) is 0.0780. The van der Waals surface area contributed by atoms with Crippen LogP contribution in [0.5, 0.6) is 5.75 Å². The Bertz CT molecular complexity index is 313. The smallest absolute Gasteiger partial charge is 0.144 e. The second-order valence-corrected chi connectivity index (χ2v) is 3.00. The Morgan fingerprint density at radius 2 is 2.15 bits per heavy atom. The van der Waals surface area contributed by atoms with Gasteiger partial charge in [0.15, 0.2) is 0 Å².